The van der Waals surface area contributed by atoms with Gasteiger partial charge in [0.2, 0.25) is 0 Å². The highest BCUT2D eigenvalue weighted by Gasteiger charge is 2.21. The Kier molecular flexibility index (Phi) is 4.65. The van der Waals surface area contributed by atoms with Crippen LogP contribution in [0, 0.1) is 20.8 Å². The molecular weight excluding hydrogens is 252 g/mol. The van der Waals surface area contributed by atoms with Crippen LogP contribution in [0.2, 0.25) is 0 Å². The molecule has 1 amide bonds. The molecule has 20 heavy (non-hydrogen) atoms. The van der Waals surface area contributed by atoms with Crippen molar-refractivity contribution in [3.05, 3.63) is 28.8 Å². The number of ether oxygens (including phenoxy) is 1. The van der Waals surface area contributed by atoms with Crippen molar-refractivity contribution in [3.8, 4) is 5.75 Å². The van der Waals surface area contributed by atoms with Gasteiger partial charge in [0.1, 0.15) is 5.75 Å². The second-order valence-electron chi connectivity index (χ2n) is 5.66. The van der Waals surface area contributed by atoms with Crippen LogP contribution in [-0.4, -0.2) is 36.5 Å². The van der Waals surface area contributed by atoms with Crippen LogP contribution in [0.5, 0.6) is 5.75 Å². The van der Waals surface area contributed by atoms with Gasteiger partial charge in [-0.2, -0.15) is 0 Å². The molecule has 1 fully saturated rings. The van der Waals surface area contributed by atoms with Crippen LogP contribution in [-0.2, 0) is 4.79 Å². The molecule has 0 radical (unpaired) electrons. The van der Waals surface area contributed by atoms with Crippen LogP contribution in [0.4, 0.5) is 0 Å². The van der Waals surface area contributed by atoms with E-state index in [9.17, 15) is 4.79 Å². The molecule has 1 aliphatic heterocycles. The van der Waals surface area contributed by atoms with Gasteiger partial charge in [-0.05, 0) is 50.3 Å². The minimum absolute atomic E-state index is 0.0530. The summed E-state index contributed by atoms with van der Waals surface area (Å²) >= 11 is 0. The van der Waals surface area contributed by atoms with Gasteiger partial charge in [0, 0.05) is 19.1 Å². The standard InChI is InChI=1S/C16H24N2O2/c1-11-4-5-12(2)16(13(11)3)20-10-15(19)18-8-6-14(17)7-9-18/h4-5,14H,6-10,17H2,1-3H3. The molecule has 0 atom stereocenters. The third-order valence-corrected chi connectivity index (χ3v) is 4.11. The van der Waals surface area contributed by atoms with Crippen LogP contribution < -0.4 is 10.5 Å². The van der Waals surface area contributed by atoms with Gasteiger partial charge in [0.15, 0.2) is 6.61 Å². The minimum Gasteiger partial charge on any atom is -0.483 e. The molecule has 1 aromatic rings. The van der Waals surface area contributed by atoms with Gasteiger partial charge in [0.05, 0.1) is 0 Å². The number of piperidine rings is 1. The summed E-state index contributed by atoms with van der Waals surface area (Å²) in [4.78, 5) is 14.0. The zero-order chi connectivity index (χ0) is 14.7. The predicted molar refractivity (Wildman–Crippen MR) is 79.9 cm³/mol. The van der Waals surface area contributed by atoms with Crippen LogP contribution >= 0.6 is 0 Å². The van der Waals surface area contributed by atoms with E-state index in [0.29, 0.717) is 0 Å². The zero-order valence-corrected chi connectivity index (χ0v) is 12.6. The molecule has 2 rings (SSSR count). The minimum atomic E-state index is 0.0530. The van der Waals surface area contributed by atoms with E-state index in [4.69, 9.17) is 10.5 Å². The lowest BCUT2D eigenvalue weighted by Gasteiger charge is -2.30. The van der Waals surface area contributed by atoms with Crippen molar-refractivity contribution in [2.45, 2.75) is 39.7 Å². The Morgan fingerprint density at radius 1 is 1.25 bits per heavy atom. The summed E-state index contributed by atoms with van der Waals surface area (Å²) in [7, 11) is 0. The van der Waals surface area contributed by atoms with E-state index >= 15 is 0 Å². The maximum absolute atomic E-state index is 12.1. The molecule has 1 aliphatic rings. The molecule has 0 aromatic heterocycles. The first-order valence-electron chi connectivity index (χ1n) is 7.22. The van der Waals surface area contributed by atoms with Crippen molar-refractivity contribution in [2.24, 2.45) is 5.73 Å². The molecular formula is C16H24N2O2. The predicted octanol–water partition coefficient (Wildman–Crippen LogP) is 1.94. The first kappa shape index (κ1) is 14.9. The van der Waals surface area contributed by atoms with Gasteiger partial charge < -0.3 is 15.4 Å². The maximum atomic E-state index is 12.1. The summed E-state index contributed by atoms with van der Waals surface area (Å²) in [6.07, 6.45) is 1.77. The van der Waals surface area contributed by atoms with Gasteiger partial charge in [-0.25, -0.2) is 0 Å². The fourth-order valence-corrected chi connectivity index (χ4v) is 2.52. The lowest BCUT2D eigenvalue weighted by Crippen LogP contribution is -2.44. The van der Waals surface area contributed by atoms with E-state index in [1.165, 1.54) is 5.56 Å². The Labute approximate surface area is 120 Å². The van der Waals surface area contributed by atoms with Crippen molar-refractivity contribution in [3.63, 3.8) is 0 Å². The monoisotopic (exact) mass is 276 g/mol. The number of carbonyl (C=O) groups is 1. The Morgan fingerprint density at radius 2 is 1.85 bits per heavy atom. The van der Waals surface area contributed by atoms with E-state index in [1.807, 2.05) is 24.8 Å². The summed E-state index contributed by atoms with van der Waals surface area (Å²) in [5.41, 5.74) is 9.21. The molecule has 4 heteroatoms. The highest BCUT2D eigenvalue weighted by molar-refractivity contribution is 5.78. The molecule has 4 nitrogen and oxygen atoms in total. The van der Waals surface area contributed by atoms with Crippen LogP contribution in [0.3, 0.4) is 0 Å². The van der Waals surface area contributed by atoms with E-state index in [2.05, 4.69) is 13.0 Å². The second-order valence-corrected chi connectivity index (χ2v) is 5.66. The summed E-state index contributed by atoms with van der Waals surface area (Å²) in [5.74, 6) is 0.893. The zero-order valence-electron chi connectivity index (χ0n) is 12.6. The van der Waals surface area contributed by atoms with Crippen LogP contribution in [0.25, 0.3) is 0 Å². The van der Waals surface area contributed by atoms with Gasteiger partial charge in [-0.1, -0.05) is 12.1 Å². The largest absolute Gasteiger partial charge is 0.483 e. The fraction of sp³-hybridized carbons (Fsp3) is 0.562. The number of amides is 1. The van der Waals surface area contributed by atoms with Crippen molar-refractivity contribution in [2.75, 3.05) is 19.7 Å². The van der Waals surface area contributed by atoms with E-state index in [1.54, 1.807) is 0 Å². The topological polar surface area (TPSA) is 55.6 Å². The smallest absolute Gasteiger partial charge is 0.260 e. The Morgan fingerprint density at radius 3 is 2.50 bits per heavy atom. The number of benzene rings is 1. The summed E-state index contributed by atoms with van der Waals surface area (Å²) in [5, 5.41) is 0. The van der Waals surface area contributed by atoms with E-state index in [-0.39, 0.29) is 18.6 Å². The number of hydrogen-bond donors (Lipinski definition) is 1. The van der Waals surface area contributed by atoms with Crippen molar-refractivity contribution in [1.82, 2.24) is 4.90 Å². The van der Waals surface area contributed by atoms with Crippen molar-refractivity contribution < 1.29 is 9.53 Å². The first-order chi connectivity index (χ1) is 9.49. The Balaban J connectivity index is 1.95. The lowest BCUT2D eigenvalue weighted by molar-refractivity contribution is -0.134. The first-order valence-corrected chi connectivity index (χ1v) is 7.22. The molecule has 1 aromatic carbocycles. The van der Waals surface area contributed by atoms with Crippen LogP contribution in [0.1, 0.15) is 29.5 Å². The number of likely N-dealkylation sites (tertiary alicyclic amines) is 1. The molecule has 1 saturated heterocycles. The average molecular weight is 276 g/mol. The second kappa shape index (κ2) is 6.27. The molecule has 110 valence electrons. The third kappa shape index (κ3) is 3.31. The number of carbonyl (C=O) groups excluding carboxylic acids is 1. The number of hydrogen-bond acceptors (Lipinski definition) is 3. The highest BCUT2D eigenvalue weighted by Crippen LogP contribution is 2.25. The molecule has 1 heterocycles. The number of aryl methyl sites for hydroxylation is 2. The quantitative estimate of drug-likeness (QED) is 0.918. The lowest BCUT2D eigenvalue weighted by atomic mass is 10.1. The van der Waals surface area contributed by atoms with Crippen molar-refractivity contribution >= 4 is 5.91 Å². The van der Waals surface area contributed by atoms with Gasteiger partial charge in [-0.3, -0.25) is 4.79 Å². The molecule has 0 bridgehead atoms. The number of nitrogens with zero attached hydrogens (tertiary/aromatic N) is 1. The van der Waals surface area contributed by atoms with Gasteiger partial charge >= 0.3 is 0 Å². The Bertz CT molecular complexity index is 491. The van der Waals surface area contributed by atoms with E-state index in [0.717, 1.165) is 42.8 Å². The molecule has 2 N–H and O–H groups in total. The third-order valence-electron chi connectivity index (χ3n) is 4.11. The molecule has 0 spiro atoms. The van der Waals surface area contributed by atoms with Crippen LogP contribution in [0.15, 0.2) is 12.1 Å². The van der Waals surface area contributed by atoms with E-state index < -0.39 is 0 Å². The maximum Gasteiger partial charge on any atom is 0.260 e. The average Bonchev–Trinajstić information content (AvgIpc) is 2.43. The van der Waals surface area contributed by atoms with Gasteiger partial charge in [0.25, 0.3) is 5.91 Å². The SMILES string of the molecule is Cc1ccc(C)c(OCC(=O)N2CCC(N)CC2)c1C. The molecule has 0 aliphatic carbocycles. The normalized spacial score (nSPS) is 16.3. The molecule has 0 unspecified atom stereocenters. The Hall–Kier alpha value is -1.55. The van der Waals surface area contributed by atoms with Gasteiger partial charge in [-0.15, -0.1) is 0 Å². The number of rotatable bonds is 3. The summed E-state index contributed by atoms with van der Waals surface area (Å²) < 4.78 is 5.77. The number of nitrogens with two attached hydrogens (primary N) is 1. The molecule has 0 saturated carbocycles. The highest BCUT2D eigenvalue weighted by atomic mass is 16.5. The summed E-state index contributed by atoms with van der Waals surface area (Å²) in [6, 6.07) is 4.34. The van der Waals surface area contributed by atoms with Crippen molar-refractivity contribution in [1.29, 1.82) is 0 Å². The summed E-state index contributed by atoms with van der Waals surface area (Å²) in [6.45, 7) is 7.69. The fourth-order valence-electron chi connectivity index (χ4n) is 2.52.